The van der Waals surface area contributed by atoms with Crippen LogP contribution < -0.4 is 5.56 Å². The van der Waals surface area contributed by atoms with Gasteiger partial charge in [-0.2, -0.15) is 0 Å². The van der Waals surface area contributed by atoms with Crippen molar-refractivity contribution in [3.8, 4) is 5.75 Å². The molecule has 3 saturated carbocycles. The third-order valence-electron chi connectivity index (χ3n) is 11.5. The number of aliphatic hydroxyl groups is 1. The maximum absolute atomic E-state index is 12.0. The number of fused-ring (bicyclic) bond motifs is 1. The van der Waals surface area contributed by atoms with Gasteiger partial charge in [0, 0.05) is 55.5 Å². The molecule has 2 N–H and O–H groups in total. The van der Waals surface area contributed by atoms with Crippen molar-refractivity contribution in [3.63, 3.8) is 0 Å². The van der Waals surface area contributed by atoms with Crippen LogP contribution in [-0.2, 0) is 18.9 Å². The first-order chi connectivity index (χ1) is 17.4. The van der Waals surface area contributed by atoms with Gasteiger partial charge in [-0.1, -0.05) is 6.07 Å². The van der Waals surface area contributed by atoms with Gasteiger partial charge < -0.3 is 14.8 Å². The number of aromatic hydroxyl groups is 1. The number of aryl methyl sites for hydroxylation is 1. The molecule has 3 heterocycles. The van der Waals surface area contributed by atoms with Crippen LogP contribution in [0.4, 0.5) is 0 Å². The molecule has 0 spiro atoms. The van der Waals surface area contributed by atoms with Crippen molar-refractivity contribution in [1.29, 1.82) is 0 Å². The molecule has 6 heteroatoms. The van der Waals surface area contributed by atoms with Gasteiger partial charge in [-0.05, 0) is 104 Å². The first-order valence-corrected chi connectivity index (χ1v) is 14.1. The third kappa shape index (κ3) is 2.66. The summed E-state index contributed by atoms with van der Waals surface area (Å²) >= 11 is 0. The number of phenolic OH excluding ortho intramolecular Hbond substituents is 1. The zero-order valence-electron chi connectivity index (χ0n) is 21.1. The minimum atomic E-state index is -0.686. The van der Waals surface area contributed by atoms with Gasteiger partial charge in [0.05, 0.1) is 0 Å². The van der Waals surface area contributed by atoms with Crippen molar-refractivity contribution in [2.24, 2.45) is 30.2 Å². The quantitative estimate of drug-likeness (QED) is 0.694. The maximum atomic E-state index is 12.0. The Morgan fingerprint density at radius 1 is 1.14 bits per heavy atom. The van der Waals surface area contributed by atoms with E-state index in [0.717, 1.165) is 37.4 Å². The smallest absolute Gasteiger partial charge is 0.250 e. The zero-order chi connectivity index (χ0) is 24.4. The fraction of sp³-hybridized carbons (Fsp3) is 0.633. The van der Waals surface area contributed by atoms with Gasteiger partial charge in [0.1, 0.15) is 12.0 Å². The van der Waals surface area contributed by atoms with E-state index < -0.39 is 6.23 Å². The summed E-state index contributed by atoms with van der Waals surface area (Å²) in [5.74, 6) is 2.38. The number of pyridine rings is 1. The van der Waals surface area contributed by atoms with Crippen LogP contribution in [0.25, 0.3) is 0 Å². The van der Waals surface area contributed by atoms with Crippen LogP contribution in [0.3, 0.4) is 0 Å². The van der Waals surface area contributed by atoms with E-state index in [0.29, 0.717) is 35.1 Å². The Bertz CT molecular complexity index is 1300. The Hall–Kier alpha value is -2.15. The van der Waals surface area contributed by atoms with E-state index >= 15 is 0 Å². The second kappa shape index (κ2) is 7.24. The highest BCUT2D eigenvalue weighted by atomic mass is 16.3. The van der Waals surface area contributed by atoms with Gasteiger partial charge in [-0.15, -0.1) is 0 Å². The number of phenols is 1. The van der Waals surface area contributed by atoms with Crippen molar-refractivity contribution in [2.75, 3.05) is 19.6 Å². The summed E-state index contributed by atoms with van der Waals surface area (Å²) in [5.41, 5.74) is 4.03. The van der Waals surface area contributed by atoms with Gasteiger partial charge in [-0.3, -0.25) is 14.6 Å². The van der Waals surface area contributed by atoms with E-state index in [9.17, 15) is 15.0 Å². The molecular weight excluding hydrogens is 450 g/mol. The molecule has 2 aliphatic heterocycles. The van der Waals surface area contributed by atoms with Gasteiger partial charge in [-0.25, -0.2) is 0 Å². The van der Waals surface area contributed by atoms with Crippen LogP contribution in [-0.4, -0.2) is 56.3 Å². The second-order valence-electron chi connectivity index (χ2n) is 13.0. The van der Waals surface area contributed by atoms with Gasteiger partial charge in [0.25, 0.3) is 0 Å². The van der Waals surface area contributed by atoms with Crippen LogP contribution in [0.1, 0.15) is 61.4 Å². The summed E-state index contributed by atoms with van der Waals surface area (Å²) < 4.78 is 1.57. The lowest BCUT2D eigenvalue weighted by Gasteiger charge is -2.66. The lowest BCUT2D eigenvalue weighted by molar-refractivity contribution is -0.121. The largest absolute Gasteiger partial charge is 0.508 e. The van der Waals surface area contributed by atoms with E-state index in [1.54, 1.807) is 29.9 Å². The standard InChI is InChI=1S/C30H37N3O3/c1-31-16-20(5-7-26(31)35)28(36)33-17-21-14-29-9-8-24(33)27(21)30(29)10-11-32(15-18-2-3-18)25(29)12-19-4-6-22(34)13-23(19)30/h4-7,13,16,18,21,24-25,27-28,34,36H,2-3,8-12,14-15,17H2,1H3/t21-,24?,25?,27?,28?,29?,30?/m1/s1. The molecule has 190 valence electrons. The number of piperidine rings is 1. The molecule has 5 fully saturated rings. The summed E-state index contributed by atoms with van der Waals surface area (Å²) in [6.07, 6.45) is 9.80. The molecule has 6 aliphatic rings. The van der Waals surface area contributed by atoms with Crippen LogP contribution in [0.15, 0.2) is 41.3 Å². The predicted octanol–water partition coefficient (Wildman–Crippen LogP) is 3.16. The van der Waals surface area contributed by atoms with E-state index in [4.69, 9.17) is 0 Å². The highest BCUT2D eigenvalue weighted by Gasteiger charge is 2.76. The Morgan fingerprint density at radius 2 is 2.00 bits per heavy atom. The maximum Gasteiger partial charge on any atom is 0.250 e. The van der Waals surface area contributed by atoms with Crippen molar-refractivity contribution >= 4 is 0 Å². The first-order valence-electron chi connectivity index (χ1n) is 14.1. The summed E-state index contributed by atoms with van der Waals surface area (Å²) in [5, 5.41) is 22.2. The fourth-order valence-corrected chi connectivity index (χ4v) is 10.2. The highest BCUT2D eigenvalue weighted by Crippen LogP contribution is 2.76. The molecule has 8 rings (SSSR count). The molecule has 36 heavy (non-hydrogen) atoms. The Labute approximate surface area is 212 Å². The summed E-state index contributed by atoms with van der Waals surface area (Å²) in [4.78, 5) is 17.2. The number of likely N-dealkylation sites (tertiary alicyclic amines) is 2. The SMILES string of the molecule is Cn1cc(C(O)N2C[C@H]3CC45CCC2C3C42CCN(CC3CC3)C5Cc3ccc(O)cc32)ccc1=O. The van der Waals surface area contributed by atoms with Crippen molar-refractivity contribution in [3.05, 3.63) is 63.6 Å². The molecule has 4 bridgehead atoms. The third-order valence-corrected chi connectivity index (χ3v) is 11.5. The fourth-order valence-electron chi connectivity index (χ4n) is 10.2. The molecule has 0 radical (unpaired) electrons. The lowest BCUT2D eigenvalue weighted by atomic mass is 9.43. The number of benzene rings is 1. The molecule has 7 atom stereocenters. The van der Waals surface area contributed by atoms with E-state index in [1.807, 2.05) is 6.07 Å². The number of aromatic nitrogens is 1. The Morgan fingerprint density at radius 3 is 2.81 bits per heavy atom. The average Bonchev–Trinajstić information content (AvgIpc) is 3.56. The monoisotopic (exact) mass is 487 g/mol. The minimum absolute atomic E-state index is 0.0480. The number of aliphatic hydroxyl groups excluding tert-OH is 1. The molecular formula is C30H37N3O3. The molecule has 0 amide bonds. The highest BCUT2D eigenvalue weighted by molar-refractivity contribution is 5.50. The number of nitrogens with zero attached hydrogens (tertiary/aromatic N) is 3. The van der Waals surface area contributed by atoms with Crippen LogP contribution >= 0.6 is 0 Å². The van der Waals surface area contributed by atoms with Crippen molar-refractivity contribution in [2.45, 2.75) is 68.7 Å². The zero-order valence-corrected chi connectivity index (χ0v) is 21.1. The molecule has 1 aromatic heterocycles. The Kier molecular flexibility index (Phi) is 4.40. The normalized spacial score (nSPS) is 39.6. The van der Waals surface area contributed by atoms with E-state index in [2.05, 4.69) is 21.9 Å². The second-order valence-corrected chi connectivity index (χ2v) is 13.0. The summed E-state index contributed by atoms with van der Waals surface area (Å²) in [6, 6.07) is 10.5. The average molecular weight is 488 g/mol. The molecule has 1 aromatic carbocycles. The van der Waals surface area contributed by atoms with E-state index in [1.165, 1.54) is 49.8 Å². The molecule has 6 nitrogen and oxygen atoms in total. The predicted molar refractivity (Wildman–Crippen MR) is 137 cm³/mol. The Balaban J connectivity index is 1.23. The van der Waals surface area contributed by atoms with Crippen LogP contribution in [0.2, 0.25) is 0 Å². The number of hydrogen-bond acceptors (Lipinski definition) is 5. The van der Waals surface area contributed by atoms with Gasteiger partial charge in [0.2, 0.25) is 5.56 Å². The van der Waals surface area contributed by atoms with Crippen LogP contribution in [0.5, 0.6) is 5.75 Å². The summed E-state index contributed by atoms with van der Waals surface area (Å²) in [7, 11) is 1.76. The minimum Gasteiger partial charge on any atom is -0.508 e. The van der Waals surface area contributed by atoms with Crippen molar-refractivity contribution < 1.29 is 10.2 Å². The molecule has 2 aromatic rings. The van der Waals surface area contributed by atoms with Gasteiger partial charge >= 0.3 is 0 Å². The number of rotatable bonds is 4. The molecule has 2 saturated heterocycles. The topological polar surface area (TPSA) is 68.9 Å². The lowest BCUT2D eigenvalue weighted by Crippen LogP contribution is -2.69. The van der Waals surface area contributed by atoms with E-state index in [-0.39, 0.29) is 11.0 Å². The summed E-state index contributed by atoms with van der Waals surface area (Å²) in [6.45, 7) is 3.36. The van der Waals surface area contributed by atoms with Gasteiger partial charge in [0.15, 0.2) is 0 Å². The molecule has 4 aliphatic carbocycles. The number of hydrogen-bond donors (Lipinski definition) is 2. The molecule has 6 unspecified atom stereocenters. The van der Waals surface area contributed by atoms with Crippen molar-refractivity contribution in [1.82, 2.24) is 14.4 Å². The first kappa shape index (κ1) is 21.9. The van der Waals surface area contributed by atoms with Crippen LogP contribution in [0, 0.1) is 23.2 Å².